The van der Waals surface area contributed by atoms with E-state index in [1.165, 1.54) is 10.6 Å². The standard InChI is InChI=1S/C21H33F3N6/c1-17(29-10-12-30(13-11-29)19-6-4-3-5-7-19)14-26-20(25-2)27-18-8-9-28(15-18)16-21(22,23)24/h3-7,17-18H,8-16H2,1-2H3,(H2,25,26,27). The molecule has 2 atom stereocenters. The van der Waals surface area contributed by atoms with Crippen LogP contribution in [0.15, 0.2) is 35.3 Å². The molecule has 0 amide bonds. The van der Waals surface area contributed by atoms with Gasteiger partial charge in [0.25, 0.3) is 0 Å². The number of nitrogens with zero attached hydrogens (tertiary/aromatic N) is 4. The van der Waals surface area contributed by atoms with Gasteiger partial charge < -0.3 is 15.5 Å². The molecule has 2 unspecified atom stereocenters. The molecular weight excluding hydrogens is 393 g/mol. The van der Waals surface area contributed by atoms with Gasteiger partial charge in [0.05, 0.1) is 6.54 Å². The van der Waals surface area contributed by atoms with Crippen LogP contribution < -0.4 is 15.5 Å². The van der Waals surface area contributed by atoms with Gasteiger partial charge in [-0.05, 0) is 25.5 Å². The Bertz CT molecular complexity index is 673. The first-order chi connectivity index (χ1) is 14.3. The number of anilines is 1. The van der Waals surface area contributed by atoms with Crippen molar-refractivity contribution in [1.29, 1.82) is 0 Å². The minimum absolute atomic E-state index is 0.0109. The number of para-hydroxylation sites is 1. The number of aliphatic imine (C=N–C) groups is 1. The fraction of sp³-hybridized carbons (Fsp3) is 0.667. The van der Waals surface area contributed by atoms with Gasteiger partial charge in [-0.3, -0.25) is 14.8 Å². The van der Waals surface area contributed by atoms with Gasteiger partial charge >= 0.3 is 6.18 Å². The summed E-state index contributed by atoms with van der Waals surface area (Å²) in [5, 5.41) is 6.61. The number of benzene rings is 1. The normalized spacial score (nSPS) is 22.9. The highest BCUT2D eigenvalue weighted by Gasteiger charge is 2.34. The molecule has 0 radical (unpaired) electrons. The molecule has 3 rings (SSSR count). The summed E-state index contributed by atoms with van der Waals surface area (Å²) in [6.45, 7) is 6.92. The molecular formula is C21H33F3N6. The van der Waals surface area contributed by atoms with Crippen molar-refractivity contribution in [3.05, 3.63) is 30.3 Å². The van der Waals surface area contributed by atoms with E-state index in [0.29, 0.717) is 31.5 Å². The number of guanidine groups is 1. The summed E-state index contributed by atoms with van der Waals surface area (Å²) in [5.41, 5.74) is 1.27. The zero-order chi connectivity index (χ0) is 21.6. The van der Waals surface area contributed by atoms with E-state index in [1.807, 2.05) is 6.07 Å². The molecule has 9 heteroatoms. The molecule has 2 saturated heterocycles. The van der Waals surface area contributed by atoms with Gasteiger partial charge in [0.1, 0.15) is 0 Å². The van der Waals surface area contributed by atoms with Crippen molar-refractivity contribution < 1.29 is 13.2 Å². The van der Waals surface area contributed by atoms with Gasteiger partial charge in [-0.25, -0.2) is 0 Å². The van der Waals surface area contributed by atoms with Gasteiger partial charge in [0, 0.05) is 70.6 Å². The van der Waals surface area contributed by atoms with Crippen molar-refractivity contribution in [2.24, 2.45) is 4.99 Å². The van der Waals surface area contributed by atoms with E-state index in [1.54, 1.807) is 7.05 Å². The molecule has 30 heavy (non-hydrogen) atoms. The second kappa shape index (κ2) is 10.3. The van der Waals surface area contributed by atoms with Crippen molar-refractivity contribution in [3.8, 4) is 0 Å². The van der Waals surface area contributed by atoms with E-state index in [4.69, 9.17) is 0 Å². The summed E-state index contributed by atoms with van der Waals surface area (Å²) in [6, 6.07) is 10.8. The Morgan fingerprint density at radius 1 is 1.13 bits per heavy atom. The Morgan fingerprint density at radius 3 is 2.47 bits per heavy atom. The lowest BCUT2D eigenvalue weighted by molar-refractivity contribution is -0.143. The number of piperazine rings is 1. The van der Waals surface area contributed by atoms with Crippen molar-refractivity contribution in [3.63, 3.8) is 0 Å². The summed E-state index contributed by atoms with van der Waals surface area (Å²) in [7, 11) is 1.70. The largest absolute Gasteiger partial charge is 0.401 e. The van der Waals surface area contributed by atoms with Crippen LogP contribution >= 0.6 is 0 Å². The Labute approximate surface area is 177 Å². The molecule has 2 fully saturated rings. The van der Waals surface area contributed by atoms with E-state index in [2.05, 4.69) is 56.6 Å². The molecule has 2 N–H and O–H groups in total. The molecule has 2 aliphatic rings. The maximum absolute atomic E-state index is 12.6. The van der Waals surface area contributed by atoms with E-state index in [0.717, 1.165) is 32.7 Å². The van der Waals surface area contributed by atoms with Crippen LogP contribution in [0.2, 0.25) is 0 Å². The molecule has 168 valence electrons. The first kappa shape index (κ1) is 22.7. The molecule has 0 spiro atoms. The summed E-state index contributed by atoms with van der Waals surface area (Å²) >= 11 is 0. The predicted molar refractivity (Wildman–Crippen MR) is 115 cm³/mol. The molecule has 2 aliphatic heterocycles. The number of nitrogens with one attached hydrogen (secondary N) is 2. The van der Waals surface area contributed by atoms with Crippen molar-refractivity contribution in [1.82, 2.24) is 20.4 Å². The molecule has 0 aliphatic carbocycles. The van der Waals surface area contributed by atoms with E-state index in [9.17, 15) is 13.2 Å². The van der Waals surface area contributed by atoms with Gasteiger partial charge in [0.2, 0.25) is 0 Å². The van der Waals surface area contributed by atoms with Gasteiger partial charge in [-0.1, -0.05) is 18.2 Å². The Morgan fingerprint density at radius 2 is 1.83 bits per heavy atom. The molecule has 0 saturated carbocycles. The monoisotopic (exact) mass is 426 g/mol. The fourth-order valence-electron chi connectivity index (χ4n) is 4.17. The van der Waals surface area contributed by atoms with Crippen LogP contribution in [0.3, 0.4) is 0 Å². The second-order valence-electron chi connectivity index (χ2n) is 8.14. The van der Waals surface area contributed by atoms with Crippen LogP contribution in [0.1, 0.15) is 13.3 Å². The van der Waals surface area contributed by atoms with Crippen LogP contribution in [-0.2, 0) is 0 Å². The number of likely N-dealkylation sites (tertiary alicyclic amines) is 1. The maximum Gasteiger partial charge on any atom is 0.401 e. The van der Waals surface area contributed by atoms with Crippen LogP contribution in [0.5, 0.6) is 0 Å². The van der Waals surface area contributed by atoms with E-state index < -0.39 is 12.7 Å². The van der Waals surface area contributed by atoms with Crippen molar-refractivity contribution >= 4 is 11.6 Å². The molecule has 6 nitrogen and oxygen atoms in total. The van der Waals surface area contributed by atoms with Gasteiger partial charge in [-0.2, -0.15) is 13.2 Å². The lowest BCUT2D eigenvalue weighted by Crippen LogP contribution is -2.54. The summed E-state index contributed by atoms with van der Waals surface area (Å²) in [5.74, 6) is 0.656. The fourth-order valence-corrected chi connectivity index (χ4v) is 4.17. The predicted octanol–water partition coefficient (Wildman–Crippen LogP) is 2.00. The number of hydrogen-bond acceptors (Lipinski definition) is 4. The summed E-state index contributed by atoms with van der Waals surface area (Å²) in [6.07, 6.45) is -3.46. The Kier molecular flexibility index (Phi) is 7.82. The third-order valence-electron chi connectivity index (χ3n) is 5.86. The highest BCUT2D eigenvalue weighted by atomic mass is 19.4. The molecule has 1 aromatic rings. The first-order valence-electron chi connectivity index (χ1n) is 10.6. The smallest absolute Gasteiger partial charge is 0.369 e. The number of rotatable bonds is 6. The van der Waals surface area contributed by atoms with Gasteiger partial charge in [-0.15, -0.1) is 0 Å². The Hall–Kier alpha value is -2.00. The molecule has 2 heterocycles. The van der Waals surface area contributed by atoms with Crippen LogP contribution in [0.4, 0.5) is 18.9 Å². The number of hydrogen-bond donors (Lipinski definition) is 2. The molecule has 0 bridgehead atoms. The third-order valence-corrected chi connectivity index (χ3v) is 5.86. The van der Waals surface area contributed by atoms with Crippen molar-refractivity contribution in [2.45, 2.75) is 31.6 Å². The minimum atomic E-state index is -4.14. The summed E-state index contributed by atoms with van der Waals surface area (Å²) in [4.78, 5) is 10.6. The highest BCUT2D eigenvalue weighted by Crippen LogP contribution is 2.20. The lowest BCUT2D eigenvalue weighted by Gasteiger charge is -2.39. The van der Waals surface area contributed by atoms with Crippen LogP contribution in [0, 0.1) is 0 Å². The zero-order valence-corrected chi connectivity index (χ0v) is 17.8. The number of halogens is 3. The van der Waals surface area contributed by atoms with Crippen molar-refractivity contribution in [2.75, 3.05) is 64.3 Å². The van der Waals surface area contributed by atoms with Crippen LogP contribution in [-0.4, -0.2) is 93.4 Å². The molecule has 1 aromatic carbocycles. The number of alkyl halides is 3. The minimum Gasteiger partial charge on any atom is -0.369 e. The average Bonchev–Trinajstić information content (AvgIpc) is 3.16. The third kappa shape index (κ3) is 6.77. The molecule has 0 aromatic heterocycles. The SMILES string of the molecule is CN=C(NCC(C)N1CCN(c2ccccc2)CC1)NC1CCN(CC(F)(F)F)C1. The lowest BCUT2D eigenvalue weighted by atomic mass is 10.2. The van der Waals surface area contributed by atoms with E-state index in [-0.39, 0.29) is 6.04 Å². The quantitative estimate of drug-likeness (QED) is 0.538. The van der Waals surface area contributed by atoms with Crippen LogP contribution in [0.25, 0.3) is 0 Å². The average molecular weight is 427 g/mol. The van der Waals surface area contributed by atoms with Gasteiger partial charge in [0.15, 0.2) is 5.96 Å². The highest BCUT2D eigenvalue weighted by molar-refractivity contribution is 5.80. The first-order valence-corrected chi connectivity index (χ1v) is 10.6. The maximum atomic E-state index is 12.6. The zero-order valence-electron chi connectivity index (χ0n) is 17.8. The topological polar surface area (TPSA) is 46.1 Å². The van der Waals surface area contributed by atoms with E-state index >= 15 is 0 Å². The summed E-state index contributed by atoms with van der Waals surface area (Å²) < 4.78 is 37.7. The Balaban J connectivity index is 1.38. The second-order valence-corrected chi connectivity index (χ2v) is 8.14.